The average molecular weight is 299 g/mol. The lowest BCUT2D eigenvalue weighted by Crippen LogP contribution is -2.15. The first kappa shape index (κ1) is 13.7. The Balaban J connectivity index is 1.78. The molecule has 0 aliphatic heterocycles. The minimum atomic E-state index is -0.338. The van der Waals surface area contributed by atoms with E-state index in [-0.39, 0.29) is 18.2 Å². The van der Waals surface area contributed by atoms with E-state index in [4.69, 9.17) is 5.11 Å². The van der Waals surface area contributed by atoms with Crippen LogP contribution >= 0.6 is 11.3 Å². The second kappa shape index (κ2) is 6.04. The van der Waals surface area contributed by atoms with Crippen molar-refractivity contribution >= 4 is 22.4 Å². The Labute approximate surface area is 126 Å². The van der Waals surface area contributed by atoms with Crippen molar-refractivity contribution in [2.24, 2.45) is 0 Å². The average Bonchev–Trinajstić information content (AvgIpc) is 3.26. The van der Waals surface area contributed by atoms with Crippen molar-refractivity contribution in [3.05, 3.63) is 40.7 Å². The zero-order chi connectivity index (χ0) is 14.7. The van der Waals surface area contributed by atoms with Gasteiger partial charge in [-0.1, -0.05) is 11.8 Å². The van der Waals surface area contributed by atoms with Crippen molar-refractivity contribution in [3.8, 4) is 11.8 Å². The van der Waals surface area contributed by atoms with Crippen molar-refractivity contribution in [1.82, 2.24) is 9.97 Å². The van der Waals surface area contributed by atoms with Gasteiger partial charge in [-0.3, -0.25) is 10.1 Å². The molecule has 1 aliphatic carbocycles. The van der Waals surface area contributed by atoms with Crippen molar-refractivity contribution < 1.29 is 9.90 Å². The number of carbonyl (C=O) groups excluding carboxylic acids is 1. The van der Waals surface area contributed by atoms with Crippen LogP contribution in [0.15, 0.2) is 23.7 Å². The molecule has 6 heteroatoms. The molecule has 1 aliphatic rings. The fourth-order valence-corrected chi connectivity index (χ4v) is 2.68. The fraction of sp³-hybridized carbons (Fsp3) is 0.267. The molecule has 1 amide bonds. The van der Waals surface area contributed by atoms with E-state index < -0.39 is 0 Å². The van der Waals surface area contributed by atoms with E-state index in [1.807, 2.05) is 5.38 Å². The number of carbonyl (C=O) groups is 1. The molecular formula is C15H13N3O2S. The van der Waals surface area contributed by atoms with E-state index in [9.17, 15) is 4.79 Å². The van der Waals surface area contributed by atoms with Crippen LogP contribution in [0.5, 0.6) is 0 Å². The Kier molecular flexibility index (Phi) is 3.95. The van der Waals surface area contributed by atoms with Gasteiger partial charge < -0.3 is 5.11 Å². The van der Waals surface area contributed by atoms with Crippen molar-refractivity contribution in [2.45, 2.75) is 18.8 Å². The van der Waals surface area contributed by atoms with E-state index in [0.29, 0.717) is 16.6 Å². The summed E-state index contributed by atoms with van der Waals surface area (Å²) in [6, 6.07) is 3.40. The fourth-order valence-electron chi connectivity index (χ4n) is 1.89. The van der Waals surface area contributed by atoms with Crippen molar-refractivity contribution in [3.63, 3.8) is 0 Å². The van der Waals surface area contributed by atoms with Gasteiger partial charge in [-0.15, -0.1) is 11.3 Å². The van der Waals surface area contributed by atoms with Gasteiger partial charge in [0, 0.05) is 17.5 Å². The lowest BCUT2D eigenvalue weighted by Gasteiger charge is -2.03. The van der Waals surface area contributed by atoms with Crippen LogP contribution < -0.4 is 5.32 Å². The van der Waals surface area contributed by atoms with Crippen LogP contribution in [-0.4, -0.2) is 27.6 Å². The number of nitrogens with one attached hydrogen (secondary N) is 1. The Hall–Kier alpha value is -2.23. The molecule has 1 fully saturated rings. The minimum Gasteiger partial charge on any atom is -0.384 e. The highest BCUT2D eigenvalue weighted by atomic mass is 32.1. The summed E-state index contributed by atoms with van der Waals surface area (Å²) >= 11 is 1.42. The quantitative estimate of drug-likeness (QED) is 0.850. The molecule has 0 unspecified atom stereocenters. The third-order valence-electron chi connectivity index (χ3n) is 3.06. The molecular weight excluding hydrogens is 286 g/mol. The van der Waals surface area contributed by atoms with E-state index in [0.717, 1.165) is 5.69 Å². The van der Waals surface area contributed by atoms with E-state index in [1.54, 1.807) is 12.1 Å². The van der Waals surface area contributed by atoms with Gasteiger partial charge >= 0.3 is 0 Å². The molecule has 2 N–H and O–H groups in total. The maximum Gasteiger partial charge on any atom is 0.277 e. The number of aromatic nitrogens is 2. The van der Waals surface area contributed by atoms with Gasteiger partial charge in [0.2, 0.25) is 0 Å². The summed E-state index contributed by atoms with van der Waals surface area (Å²) in [4.78, 5) is 20.7. The summed E-state index contributed by atoms with van der Waals surface area (Å²) in [5.74, 6) is 5.47. The number of thiazole rings is 1. The summed E-state index contributed by atoms with van der Waals surface area (Å²) in [6.45, 7) is -0.257. The maximum absolute atomic E-state index is 12.3. The smallest absolute Gasteiger partial charge is 0.277 e. The number of hydrogen-bond acceptors (Lipinski definition) is 5. The molecule has 3 rings (SSSR count). The van der Waals surface area contributed by atoms with Crippen LogP contribution in [-0.2, 0) is 0 Å². The standard InChI is InChI=1S/C15H13N3O2S/c19-8-2-4-11-3-1-7-16-13(11)14(20)18-15-17-12(9-21-15)10-5-6-10/h1,3,7,9-10,19H,5-6,8H2,(H,17,18,20). The zero-order valence-electron chi connectivity index (χ0n) is 11.2. The minimum absolute atomic E-state index is 0.238. The molecule has 5 nitrogen and oxygen atoms in total. The first-order valence-corrected chi connectivity index (χ1v) is 7.47. The number of hydrogen-bond donors (Lipinski definition) is 2. The van der Waals surface area contributed by atoms with Gasteiger partial charge in [-0.05, 0) is 25.0 Å². The monoisotopic (exact) mass is 299 g/mol. The van der Waals surface area contributed by atoms with Gasteiger partial charge in [0.25, 0.3) is 5.91 Å². The van der Waals surface area contributed by atoms with Gasteiger partial charge in [0.05, 0.1) is 11.3 Å². The third kappa shape index (κ3) is 3.27. The summed E-state index contributed by atoms with van der Waals surface area (Å²) in [7, 11) is 0. The van der Waals surface area contributed by atoms with Crippen LogP contribution in [0.1, 0.15) is 40.5 Å². The van der Waals surface area contributed by atoms with Crippen LogP contribution in [0.4, 0.5) is 5.13 Å². The second-order valence-electron chi connectivity index (χ2n) is 4.67. The predicted molar refractivity (Wildman–Crippen MR) is 80.2 cm³/mol. The van der Waals surface area contributed by atoms with Gasteiger partial charge in [0.1, 0.15) is 12.3 Å². The summed E-state index contributed by atoms with van der Waals surface area (Å²) < 4.78 is 0. The molecule has 0 spiro atoms. The molecule has 0 bridgehead atoms. The number of pyridine rings is 1. The highest BCUT2D eigenvalue weighted by Gasteiger charge is 2.26. The number of aliphatic hydroxyl groups excluding tert-OH is 1. The van der Waals surface area contributed by atoms with Gasteiger partial charge in [0.15, 0.2) is 5.13 Å². The number of anilines is 1. The molecule has 106 valence electrons. The Morgan fingerprint density at radius 1 is 1.52 bits per heavy atom. The third-order valence-corrected chi connectivity index (χ3v) is 3.84. The first-order valence-electron chi connectivity index (χ1n) is 6.59. The normalized spacial score (nSPS) is 13.4. The highest BCUT2D eigenvalue weighted by Crippen LogP contribution is 2.40. The van der Waals surface area contributed by atoms with E-state index in [2.05, 4.69) is 27.1 Å². The number of aliphatic hydroxyl groups is 1. The molecule has 2 heterocycles. The summed E-state index contributed by atoms with van der Waals surface area (Å²) in [5.41, 5.74) is 1.78. The molecule has 0 aromatic carbocycles. The molecule has 0 atom stereocenters. The van der Waals surface area contributed by atoms with Crippen molar-refractivity contribution in [2.75, 3.05) is 11.9 Å². The predicted octanol–water partition coefficient (Wildman–Crippen LogP) is 2.01. The van der Waals surface area contributed by atoms with Crippen LogP contribution in [0.25, 0.3) is 0 Å². The van der Waals surface area contributed by atoms with Crippen LogP contribution in [0.2, 0.25) is 0 Å². The largest absolute Gasteiger partial charge is 0.384 e. The summed E-state index contributed by atoms with van der Waals surface area (Å²) in [5, 5.41) is 14.1. The lowest BCUT2D eigenvalue weighted by atomic mass is 10.2. The van der Waals surface area contributed by atoms with Crippen LogP contribution in [0, 0.1) is 11.8 Å². The number of nitrogens with zero attached hydrogens (tertiary/aromatic N) is 2. The second-order valence-corrected chi connectivity index (χ2v) is 5.52. The van der Waals surface area contributed by atoms with E-state index >= 15 is 0 Å². The highest BCUT2D eigenvalue weighted by molar-refractivity contribution is 7.14. The maximum atomic E-state index is 12.3. The first-order chi connectivity index (χ1) is 10.3. The molecule has 21 heavy (non-hydrogen) atoms. The topological polar surface area (TPSA) is 75.1 Å². The van der Waals surface area contributed by atoms with Gasteiger partial charge in [-0.25, -0.2) is 9.97 Å². The Morgan fingerprint density at radius 3 is 3.14 bits per heavy atom. The molecule has 1 saturated carbocycles. The lowest BCUT2D eigenvalue weighted by molar-refractivity contribution is 0.102. The summed E-state index contributed by atoms with van der Waals surface area (Å²) in [6.07, 6.45) is 3.90. The van der Waals surface area contributed by atoms with E-state index in [1.165, 1.54) is 30.4 Å². The van der Waals surface area contributed by atoms with Crippen LogP contribution in [0.3, 0.4) is 0 Å². The molecule has 2 aromatic rings. The van der Waals surface area contributed by atoms with Gasteiger partial charge in [-0.2, -0.15) is 0 Å². The molecule has 0 radical (unpaired) electrons. The Morgan fingerprint density at radius 2 is 2.38 bits per heavy atom. The molecule has 0 saturated heterocycles. The number of amides is 1. The molecule has 2 aromatic heterocycles. The number of rotatable bonds is 3. The Bertz CT molecular complexity index is 726. The SMILES string of the molecule is O=C(Nc1nc(C2CC2)cs1)c1ncccc1C#CCO. The van der Waals surface area contributed by atoms with Crippen molar-refractivity contribution in [1.29, 1.82) is 0 Å². The zero-order valence-corrected chi connectivity index (χ0v) is 12.0.